The number of nitrogens with one attached hydrogen (secondary N) is 1. The minimum absolute atomic E-state index is 0.231. The zero-order chi connectivity index (χ0) is 18.4. The summed E-state index contributed by atoms with van der Waals surface area (Å²) in [7, 11) is 0. The highest BCUT2D eigenvalue weighted by molar-refractivity contribution is 5.92. The molecule has 1 aliphatic rings. The van der Waals surface area contributed by atoms with Gasteiger partial charge in [0.05, 0.1) is 5.56 Å². The summed E-state index contributed by atoms with van der Waals surface area (Å²) in [5.41, 5.74) is 3.01. The number of nitrogens with zero attached hydrogens (tertiary/aromatic N) is 4. The highest BCUT2D eigenvalue weighted by Gasteiger charge is 2.21. The Kier molecular flexibility index (Phi) is 5.93. The van der Waals surface area contributed by atoms with E-state index in [0.29, 0.717) is 12.0 Å². The first kappa shape index (κ1) is 18.0. The number of hydroxylamine groups is 1. The summed E-state index contributed by atoms with van der Waals surface area (Å²) in [6, 6.07) is 10.6. The van der Waals surface area contributed by atoms with Gasteiger partial charge in [-0.25, -0.2) is 15.4 Å². The van der Waals surface area contributed by atoms with E-state index in [4.69, 9.17) is 5.21 Å². The van der Waals surface area contributed by atoms with E-state index >= 15 is 0 Å². The molecule has 0 radical (unpaired) electrons. The molecule has 7 heteroatoms. The predicted molar refractivity (Wildman–Crippen MR) is 100 cm³/mol. The summed E-state index contributed by atoms with van der Waals surface area (Å²) in [5, 5.41) is 8.63. The van der Waals surface area contributed by atoms with Gasteiger partial charge in [0.15, 0.2) is 0 Å². The fourth-order valence-corrected chi connectivity index (χ4v) is 2.93. The van der Waals surface area contributed by atoms with E-state index in [2.05, 4.69) is 51.0 Å². The maximum atomic E-state index is 11.3. The summed E-state index contributed by atoms with van der Waals surface area (Å²) >= 11 is 0. The fourth-order valence-electron chi connectivity index (χ4n) is 2.93. The van der Waals surface area contributed by atoms with Crippen LogP contribution < -0.4 is 10.4 Å². The number of rotatable bonds is 5. The molecule has 2 aromatic rings. The average molecular weight is 353 g/mol. The van der Waals surface area contributed by atoms with Crippen LogP contribution in [0, 0.1) is 0 Å². The molecule has 1 aliphatic heterocycles. The molecule has 136 valence electrons. The maximum absolute atomic E-state index is 11.3. The Balaban J connectivity index is 1.53. The van der Waals surface area contributed by atoms with Gasteiger partial charge < -0.3 is 4.90 Å². The number of hydrogen-bond acceptors (Lipinski definition) is 6. The highest BCUT2D eigenvalue weighted by atomic mass is 16.5. The number of aromatic nitrogens is 2. The molecule has 7 nitrogen and oxygen atoms in total. The third-order valence-electron chi connectivity index (χ3n) is 4.54. The molecule has 1 fully saturated rings. The van der Waals surface area contributed by atoms with Crippen LogP contribution in [0.5, 0.6) is 0 Å². The summed E-state index contributed by atoms with van der Waals surface area (Å²) in [6.07, 6.45) is 7.23. The predicted octanol–water partition coefficient (Wildman–Crippen LogP) is 1.82. The zero-order valence-electron chi connectivity index (χ0n) is 14.7. The Bertz CT molecular complexity index is 740. The Hall–Kier alpha value is -2.77. The quantitative estimate of drug-likeness (QED) is 0.630. The van der Waals surface area contributed by atoms with E-state index in [1.165, 1.54) is 18.0 Å². The lowest BCUT2D eigenvalue weighted by Crippen LogP contribution is -2.49. The molecule has 1 amide bonds. The first-order chi connectivity index (χ1) is 12.7. The number of amides is 1. The van der Waals surface area contributed by atoms with Crippen molar-refractivity contribution in [3.05, 3.63) is 59.9 Å². The Morgan fingerprint density at radius 1 is 1.15 bits per heavy atom. The average Bonchev–Trinajstić information content (AvgIpc) is 2.72. The topological polar surface area (TPSA) is 81.6 Å². The van der Waals surface area contributed by atoms with Gasteiger partial charge in [-0.2, -0.15) is 0 Å². The van der Waals surface area contributed by atoms with Crippen LogP contribution >= 0.6 is 0 Å². The highest BCUT2D eigenvalue weighted by Crippen LogP contribution is 2.14. The van der Waals surface area contributed by atoms with Gasteiger partial charge in [-0.15, -0.1) is 0 Å². The maximum Gasteiger partial charge on any atom is 0.277 e. The van der Waals surface area contributed by atoms with Crippen molar-refractivity contribution in [1.29, 1.82) is 0 Å². The Morgan fingerprint density at radius 2 is 1.81 bits per heavy atom. The number of hydrogen-bond donors (Lipinski definition) is 2. The first-order valence-corrected chi connectivity index (χ1v) is 8.66. The molecule has 26 heavy (non-hydrogen) atoms. The number of benzene rings is 1. The van der Waals surface area contributed by atoms with E-state index in [-0.39, 0.29) is 5.56 Å². The van der Waals surface area contributed by atoms with E-state index in [1.54, 1.807) is 5.48 Å². The molecule has 0 aliphatic carbocycles. The lowest BCUT2D eigenvalue weighted by atomic mass is 10.1. The van der Waals surface area contributed by atoms with Crippen LogP contribution in [0.15, 0.2) is 48.8 Å². The van der Waals surface area contributed by atoms with E-state index in [0.717, 1.165) is 26.2 Å². The molecule has 1 atom stereocenters. The van der Waals surface area contributed by atoms with Gasteiger partial charge in [0.1, 0.15) is 0 Å². The number of anilines is 1. The lowest BCUT2D eigenvalue weighted by Gasteiger charge is -2.37. The molecule has 1 aromatic heterocycles. The van der Waals surface area contributed by atoms with Crippen molar-refractivity contribution in [2.24, 2.45) is 0 Å². The number of carbonyl (C=O) groups is 1. The van der Waals surface area contributed by atoms with Crippen LogP contribution in [0.1, 0.15) is 22.8 Å². The largest absolute Gasteiger partial charge is 0.338 e. The second-order valence-corrected chi connectivity index (χ2v) is 6.25. The van der Waals surface area contributed by atoms with Gasteiger partial charge >= 0.3 is 0 Å². The number of piperazine rings is 1. The minimum Gasteiger partial charge on any atom is -0.338 e. The van der Waals surface area contributed by atoms with Crippen LogP contribution in [0.2, 0.25) is 0 Å². The van der Waals surface area contributed by atoms with Crippen molar-refractivity contribution in [2.75, 3.05) is 31.1 Å². The normalized spacial score (nSPS) is 16.6. The molecule has 1 aromatic carbocycles. The van der Waals surface area contributed by atoms with Crippen molar-refractivity contribution in [3.63, 3.8) is 0 Å². The fraction of sp³-hybridized carbons (Fsp3) is 0.316. The number of carbonyl (C=O) groups excluding carboxylic acids is 1. The van der Waals surface area contributed by atoms with Crippen LogP contribution in [-0.4, -0.2) is 58.2 Å². The third-order valence-corrected chi connectivity index (χ3v) is 4.54. The van der Waals surface area contributed by atoms with Crippen molar-refractivity contribution in [3.8, 4) is 0 Å². The van der Waals surface area contributed by atoms with Crippen molar-refractivity contribution in [2.45, 2.75) is 13.0 Å². The van der Waals surface area contributed by atoms with Crippen LogP contribution in [0.25, 0.3) is 6.08 Å². The molecule has 2 heterocycles. The van der Waals surface area contributed by atoms with Crippen molar-refractivity contribution < 1.29 is 10.0 Å². The minimum atomic E-state index is -0.611. The molecular formula is C19H23N5O2. The van der Waals surface area contributed by atoms with Crippen LogP contribution in [-0.2, 0) is 0 Å². The van der Waals surface area contributed by atoms with E-state index in [9.17, 15) is 4.79 Å². The molecule has 0 spiro atoms. The molecular weight excluding hydrogens is 330 g/mol. The lowest BCUT2D eigenvalue weighted by molar-refractivity contribution is 0.0705. The molecule has 0 saturated carbocycles. The molecule has 2 N–H and O–H groups in total. The molecule has 3 rings (SSSR count). The third kappa shape index (κ3) is 4.44. The second kappa shape index (κ2) is 8.55. The van der Waals surface area contributed by atoms with Gasteiger partial charge in [-0.3, -0.25) is 14.9 Å². The van der Waals surface area contributed by atoms with Crippen molar-refractivity contribution in [1.82, 2.24) is 20.3 Å². The first-order valence-electron chi connectivity index (χ1n) is 8.66. The van der Waals surface area contributed by atoms with Crippen LogP contribution in [0.4, 0.5) is 5.95 Å². The molecule has 0 bridgehead atoms. The summed E-state index contributed by atoms with van der Waals surface area (Å²) < 4.78 is 0. The summed E-state index contributed by atoms with van der Waals surface area (Å²) in [4.78, 5) is 24.3. The zero-order valence-corrected chi connectivity index (χ0v) is 14.7. The van der Waals surface area contributed by atoms with Crippen LogP contribution in [0.3, 0.4) is 0 Å². The van der Waals surface area contributed by atoms with Crippen molar-refractivity contribution >= 4 is 17.9 Å². The Labute approximate surface area is 152 Å². The van der Waals surface area contributed by atoms with Gasteiger partial charge in [0.25, 0.3) is 5.91 Å². The van der Waals surface area contributed by atoms with Gasteiger partial charge in [0.2, 0.25) is 5.95 Å². The monoisotopic (exact) mass is 353 g/mol. The van der Waals surface area contributed by atoms with Gasteiger partial charge in [-0.1, -0.05) is 42.5 Å². The van der Waals surface area contributed by atoms with E-state index in [1.807, 2.05) is 18.2 Å². The molecule has 1 saturated heterocycles. The smallest absolute Gasteiger partial charge is 0.277 e. The second-order valence-electron chi connectivity index (χ2n) is 6.25. The molecule has 1 unspecified atom stereocenters. The van der Waals surface area contributed by atoms with E-state index < -0.39 is 5.91 Å². The van der Waals surface area contributed by atoms with Gasteiger partial charge in [-0.05, 0) is 12.5 Å². The Morgan fingerprint density at radius 3 is 2.42 bits per heavy atom. The SMILES string of the molecule is CC(C=Cc1ccccc1)N1CCN(c2ncc(C(=O)NO)cn2)CC1. The standard InChI is InChI=1S/C19H23N5O2/c1-15(7-8-16-5-3-2-4-6-16)23-9-11-24(12-10-23)19-20-13-17(14-21-19)18(25)22-26/h2-8,13-15,26H,9-12H2,1H3,(H,22,25). The summed E-state index contributed by atoms with van der Waals surface area (Å²) in [5.74, 6) is -0.00739. The van der Waals surface area contributed by atoms with Gasteiger partial charge in [0, 0.05) is 44.6 Å². The summed E-state index contributed by atoms with van der Waals surface area (Å²) in [6.45, 7) is 5.70.